The topological polar surface area (TPSA) is 47.3 Å². The van der Waals surface area contributed by atoms with Crippen LogP contribution in [0.2, 0.25) is 0 Å². The highest BCUT2D eigenvalue weighted by Crippen LogP contribution is 2.12. The number of nitriles is 1. The van der Waals surface area contributed by atoms with Crippen molar-refractivity contribution in [2.75, 3.05) is 19.7 Å². The number of alkyl halides is 2. The first-order valence-corrected chi connectivity index (χ1v) is 5.36. The molecule has 1 aromatic rings. The van der Waals surface area contributed by atoms with Crippen molar-refractivity contribution in [2.45, 2.75) is 13.0 Å². The molecule has 1 N–H and O–H groups in total. The standard InChI is InChI=1S/C12H13F3N2O/c13-11-2-1-9(5-10(11)6-16)7-17(3-4-18)8-12(14)15/h1-2,5,12,18H,3-4,7-8H2. The van der Waals surface area contributed by atoms with E-state index >= 15 is 0 Å². The third-order valence-electron chi connectivity index (χ3n) is 2.37. The Morgan fingerprint density at radius 2 is 2.11 bits per heavy atom. The smallest absolute Gasteiger partial charge is 0.251 e. The highest BCUT2D eigenvalue weighted by Gasteiger charge is 2.13. The number of benzene rings is 1. The number of hydrogen-bond acceptors (Lipinski definition) is 3. The summed E-state index contributed by atoms with van der Waals surface area (Å²) in [7, 11) is 0. The van der Waals surface area contributed by atoms with E-state index in [1.807, 2.05) is 0 Å². The van der Waals surface area contributed by atoms with Crippen LogP contribution in [-0.2, 0) is 6.54 Å². The van der Waals surface area contributed by atoms with Crippen LogP contribution in [0.25, 0.3) is 0 Å². The molecule has 0 unspecified atom stereocenters. The Hall–Kier alpha value is -1.58. The molecule has 0 saturated carbocycles. The number of rotatable bonds is 6. The van der Waals surface area contributed by atoms with Crippen molar-refractivity contribution < 1.29 is 18.3 Å². The fourth-order valence-corrected chi connectivity index (χ4v) is 1.59. The predicted molar refractivity (Wildman–Crippen MR) is 59.5 cm³/mol. The first-order valence-electron chi connectivity index (χ1n) is 5.36. The van der Waals surface area contributed by atoms with Crippen molar-refractivity contribution in [1.82, 2.24) is 4.90 Å². The lowest BCUT2D eigenvalue weighted by atomic mass is 10.1. The predicted octanol–water partition coefficient (Wildman–Crippen LogP) is 1.76. The van der Waals surface area contributed by atoms with Gasteiger partial charge in [-0.3, -0.25) is 4.90 Å². The maximum absolute atomic E-state index is 13.1. The van der Waals surface area contributed by atoms with E-state index in [-0.39, 0.29) is 25.3 Å². The van der Waals surface area contributed by atoms with Gasteiger partial charge in [-0.1, -0.05) is 6.07 Å². The molecule has 18 heavy (non-hydrogen) atoms. The summed E-state index contributed by atoms with van der Waals surface area (Å²) >= 11 is 0. The molecule has 6 heteroatoms. The zero-order valence-electron chi connectivity index (χ0n) is 9.61. The third-order valence-corrected chi connectivity index (χ3v) is 2.37. The van der Waals surface area contributed by atoms with Gasteiger partial charge in [0.1, 0.15) is 11.9 Å². The Morgan fingerprint density at radius 3 is 2.67 bits per heavy atom. The Morgan fingerprint density at radius 1 is 1.39 bits per heavy atom. The van der Waals surface area contributed by atoms with Gasteiger partial charge in [0, 0.05) is 13.1 Å². The van der Waals surface area contributed by atoms with Crippen LogP contribution >= 0.6 is 0 Å². The van der Waals surface area contributed by atoms with Crippen LogP contribution in [0, 0.1) is 17.1 Å². The van der Waals surface area contributed by atoms with Crippen molar-refractivity contribution in [3.8, 4) is 6.07 Å². The molecule has 98 valence electrons. The number of aliphatic hydroxyl groups excluding tert-OH is 1. The number of aliphatic hydroxyl groups is 1. The van der Waals surface area contributed by atoms with Gasteiger partial charge in [-0.25, -0.2) is 13.2 Å². The highest BCUT2D eigenvalue weighted by molar-refractivity contribution is 5.34. The molecule has 0 aliphatic carbocycles. The number of nitrogens with zero attached hydrogens (tertiary/aromatic N) is 2. The maximum atomic E-state index is 13.1. The minimum Gasteiger partial charge on any atom is -0.395 e. The van der Waals surface area contributed by atoms with Crippen LogP contribution in [-0.4, -0.2) is 36.1 Å². The van der Waals surface area contributed by atoms with Crippen molar-refractivity contribution in [3.63, 3.8) is 0 Å². The highest BCUT2D eigenvalue weighted by atomic mass is 19.3. The van der Waals surface area contributed by atoms with E-state index < -0.39 is 18.8 Å². The molecule has 0 saturated heterocycles. The second kappa shape index (κ2) is 6.99. The molecule has 0 heterocycles. The van der Waals surface area contributed by atoms with Gasteiger partial charge >= 0.3 is 0 Å². The average Bonchev–Trinajstić information content (AvgIpc) is 2.31. The van der Waals surface area contributed by atoms with Crippen molar-refractivity contribution in [2.24, 2.45) is 0 Å². The number of hydrogen-bond donors (Lipinski definition) is 1. The molecule has 0 radical (unpaired) electrons. The molecule has 0 aromatic heterocycles. The van der Waals surface area contributed by atoms with E-state index in [1.54, 1.807) is 6.07 Å². The van der Waals surface area contributed by atoms with E-state index in [1.165, 1.54) is 17.0 Å². The van der Waals surface area contributed by atoms with Crippen molar-refractivity contribution in [1.29, 1.82) is 5.26 Å². The summed E-state index contributed by atoms with van der Waals surface area (Å²) in [4.78, 5) is 1.35. The Labute approximate surface area is 103 Å². The number of halogens is 3. The molecule has 0 bridgehead atoms. The van der Waals surface area contributed by atoms with Crippen molar-refractivity contribution in [3.05, 3.63) is 35.1 Å². The van der Waals surface area contributed by atoms with Crippen LogP contribution in [0.3, 0.4) is 0 Å². The maximum Gasteiger partial charge on any atom is 0.251 e. The molecule has 1 aromatic carbocycles. The second-order valence-electron chi connectivity index (χ2n) is 3.78. The summed E-state index contributed by atoms with van der Waals surface area (Å²) in [6.07, 6.45) is -2.51. The zero-order valence-corrected chi connectivity index (χ0v) is 9.61. The van der Waals surface area contributed by atoms with Gasteiger partial charge in [0.25, 0.3) is 6.43 Å². The third kappa shape index (κ3) is 4.35. The second-order valence-corrected chi connectivity index (χ2v) is 3.78. The van der Waals surface area contributed by atoms with E-state index in [2.05, 4.69) is 0 Å². The molecule has 0 amide bonds. The fourth-order valence-electron chi connectivity index (χ4n) is 1.59. The van der Waals surface area contributed by atoms with Crippen LogP contribution < -0.4 is 0 Å². The molecule has 1 rings (SSSR count). The zero-order chi connectivity index (χ0) is 13.5. The van der Waals surface area contributed by atoms with E-state index in [9.17, 15) is 13.2 Å². The normalized spacial score (nSPS) is 10.9. The van der Waals surface area contributed by atoms with Gasteiger partial charge < -0.3 is 5.11 Å². The lowest BCUT2D eigenvalue weighted by molar-refractivity contribution is 0.0746. The molecular weight excluding hydrogens is 245 g/mol. The van der Waals surface area contributed by atoms with Crippen molar-refractivity contribution >= 4 is 0 Å². The Balaban J connectivity index is 2.77. The van der Waals surface area contributed by atoms with E-state index in [4.69, 9.17) is 10.4 Å². The van der Waals surface area contributed by atoms with Crippen LogP contribution in [0.4, 0.5) is 13.2 Å². The summed E-state index contributed by atoms with van der Waals surface area (Å²) in [6.45, 7) is -0.470. The van der Waals surface area contributed by atoms with E-state index in [0.29, 0.717) is 5.56 Å². The van der Waals surface area contributed by atoms with Crippen LogP contribution in [0.15, 0.2) is 18.2 Å². The van der Waals surface area contributed by atoms with Gasteiger partial charge in [0.05, 0.1) is 18.7 Å². The fraction of sp³-hybridized carbons (Fsp3) is 0.417. The summed E-state index contributed by atoms with van der Waals surface area (Å²) in [5, 5.41) is 17.4. The Bertz CT molecular complexity index is 432. The molecule has 0 spiro atoms. The largest absolute Gasteiger partial charge is 0.395 e. The van der Waals surface area contributed by atoms with Gasteiger partial charge in [0.2, 0.25) is 0 Å². The van der Waals surface area contributed by atoms with Gasteiger partial charge in [-0.2, -0.15) is 5.26 Å². The first-order chi connectivity index (χ1) is 8.56. The Kier molecular flexibility index (Phi) is 5.62. The SMILES string of the molecule is N#Cc1cc(CN(CCO)CC(F)F)ccc1F. The minimum absolute atomic E-state index is 0.101. The quantitative estimate of drug-likeness (QED) is 0.845. The van der Waals surface area contributed by atoms with Gasteiger partial charge in [-0.05, 0) is 17.7 Å². The lowest BCUT2D eigenvalue weighted by Gasteiger charge is -2.20. The minimum atomic E-state index is -2.51. The molecule has 0 fully saturated rings. The summed E-state index contributed by atoms with van der Waals surface area (Å²) < 4.78 is 37.6. The molecular formula is C12H13F3N2O. The van der Waals surface area contributed by atoms with Gasteiger partial charge in [-0.15, -0.1) is 0 Å². The molecule has 0 aliphatic rings. The molecule has 0 aliphatic heterocycles. The average molecular weight is 258 g/mol. The lowest BCUT2D eigenvalue weighted by Crippen LogP contribution is -2.31. The summed E-state index contributed by atoms with van der Waals surface area (Å²) in [5.74, 6) is -0.635. The first kappa shape index (κ1) is 14.5. The summed E-state index contributed by atoms with van der Waals surface area (Å²) in [5.41, 5.74) is 0.440. The molecule has 3 nitrogen and oxygen atoms in total. The van der Waals surface area contributed by atoms with Crippen LogP contribution in [0.1, 0.15) is 11.1 Å². The molecule has 0 atom stereocenters. The summed E-state index contributed by atoms with van der Waals surface area (Å²) in [6, 6.07) is 5.58. The van der Waals surface area contributed by atoms with Gasteiger partial charge in [0.15, 0.2) is 0 Å². The van der Waals surface area contributed by atoms with E-state index in [0.717, 1.165) is 6.07 Å². The monoisotopic (exact) mass is 258 g/mol. The van der Waals surface area contributed by atoms with Crippen LogP contribution in [0.5, 0.6) is 0 Å².